The quantitative estimate of drug-likeness (QED) is 0.663. The van der Waals surface area contributed by atoms with E-state index in [-0.39, 0.29) is 22.9 Å². The minimum Gasteiger partial charge on any atom is -0.322 e. The predicted octanol–water partition coefficient (Wildman–Crippen LogP) is 4.03. The molecular weight excluding hydrogens is 372 g/mol. The highest BCUT2D eigenvalue weighted by molar-refractivity contribution is 7.89. The maximum absolute atomic E-state index is 12.6. The molecule has 0 aliphatic rings. The first-order valence-corrected chi connectivity index (χ1v) is 10.4. The standard InChI is InChI=1S/C22H22N2O3S/c1-16-8-6-13-21(17(16)2)24-22(25)19-11-7-12-20(14-19)28(26,27)23-15-18-9-4-3-5-10-18/h3-14,23H,15H2,1-2H3,(H,24,25). The number of hydrogen-bond donors (Lipinski definition) is 2. The largest absolute Gasteiger partial charge is 0.322 e. The normalized spacial score (nSPS) is 11.2. The van der Waals surface area contributed by atoms with Crippen LogP contribution in [0.3, 0.4) is 0 Å². The van der Waals surface area contributed by atoms with Crippen LogP contribution in [0.1, 0.15) is 27.0 Å². The van der Waals surface area contributed by atoms with Crippen LogP contribution in [0, 0.1) is 13.8 Å². The van der Waals surface area contributed by atoms with Gasteiger partial charge in [-0.15, -0.1) is 0 Å². The summed E-state index contributed by atoms with van der Waals surface area (Å²) in [5, 5.41) is 2.85. The van der Waals surface area contributed by atoms with Crippen LogP contribution >= 0.6 is 0 Å². The van der Waals surface area contributed by atoms with Crippen LogP contribution in [0.2, 0.25) is 0 Å². The van der Waals surface area contributed by atoms with Gasteiger partial charge in [-0.25, -0.2) is 13.1 Å². The van der Waals surface area contributed by atoms with Gasteiger partial charge in [-0.1, -0.05) is 48.5 Å². The van der Waals surface area contributed by atoms with Crippen molar-refractivity contribution in [1.29, 1.82) is 0 Å². The van der Waals surface area contributed by atoms with Gasteiger partial charge in [0, 0.05) is 17.8 Å². The number of carbonyl (C=O) groups is 1. The van der Waals surface area contributed by atoms with Gasteiger partial charge >= 0.3 is 0 Å². The fourth-order valence-electron chi connectivity index (χ4n) is 2.74. The number of anilines is 1. The molecule has 0 saturated carbocycles. The van der Waals surface area contributed by atoms with Crippen LogP contribution in [-0.2, 0) is 16.6 Å². The lowest BCUT2D eigenvalue weighted by atomic mass is 10.1. The summed E-state index contributed by atoms with van der Waals surface area (Å²) in [6.07, 6.45) is 0. The molecular formula is C22H22N2O3S. The molecule has 3 aromatic carbocycles. The fraction of sp³-hybridized carbons (Fsp3) is 0.136. The third kappa shape index (κ3) is 4.65. The molecule has 0 unspecified atom stereocenters. The first kappa shape index (κ1) is 19.8. The zero-order valence-corrected chi connectivity index (χ0v) is 16.6. The summed E-state index contributed by atoms with van der Waals surface area (Å²) >= 11 is 0. The molecule has 0 heterocycles. The Morgan fingerprint density at radius 2 is 1.61 bits per heavy atom. The molecule has 28 heavy (non-hydrogen) atoms. The number of hydrogen-bond acceptors (Lipinski definition) is 3. The van der Waals surface area contributed by atoms with Crippen molar-refractivity contribution in [2.45, 2.75) is 25.3 Å². The lowest BCUT2D eigenvalue weighted by molar-refractivity contribution is 0.102. The number of amides is 1. The van der Waals surface area contributed by atoms with Crippen LogP contribution in [0.4, 0.5) is 5.69 Å². The Balaban J connectivity index is 1.77. The van der Waals surface area contributed by atoms with Crippen molar-refractivity contribution < 1.29 is 13.2 Å². The lowest BCUT2D eigenvalue weighted by Crippen LogP contribution is -2.23. The molecule has 144 valence electrons. The number of sulfonamides is 1. The Kier molecular flexibility index (Phi) is 5.92. The lowest BCUT2D eigenvalue weighted by Gasteiger charge is -2.11. The second-order valence-electron chi connectivity index (χ2n) is 6.54. The fourth-order valence-corrected chi connectivity index (χ4v) is 3.81. The average Bonchev–Trinajstić information content (AvgIpc) is 2.71. The van der Waals surface area contributed by atoms with Crippen LogP contribution in [0.5, 0.6) is 0 Å². The highest BCUT2D eigenvalue weighted by Gasteiger charge is 2.16. The van der Waals surface area contributed by atoms with Crippen LogP contribution in [0.15, 0.2) is 77.7 Å². The summed E-state index contributed by atoms with van der Waals surface area (Å²) in [7, 11) is -3.73. The first-order chi connectivity index (χ1) is 13.4. The number of rotatable bonds is 6. The van der Waals surface area contributed by atoms with Gasteiger partial charge in [0.25, 0.3) is 5.91 Å². The number of benzene rings is 3. The molecule has 5 nitrogen and oxygen atoms in total. The third-order valence-electron chi connectivity index (χ3n) is 4.57. The van der Waals surface area contributed by atoms with E-state index in [0.717, 1.165) is 16.7 Å². The van der Waals surface area contributed by atoms with Gasteiger partial charge in [-0.2, -0.15) is 0 Å². The Bertz CT molecular complexity index is 1090. The van der Waals surface area contributed by atoms with Crippen LogP contribution in [-0.4, -0.2) is 14.3 Å². The SMILES string of the molecule is Cc1cccc(NC(=O)c2cccc(S(=O)(=O)NCc3ccccc3)c2)c1C. The maximum Gasteiger partial charge on any atom is 0.255 e. The third-order valence-corrected chi connectivity index (χ3v) is 5.97. The second-order valence-corrected chi connectivity index (χ2v) is 8.31. The molecule has 0 bridgehead atoms. The van der Waals surface area contributed by atoms with Crippen LogP contribution < -0.4 is 10.0 Å². The van der Waals surface area contributed by atoms with Gasteiger partial charge in [0.2, 0.25) is 10.0 Å². The summed E-state index contributed by atoms with van der Waals surface area (Å²) in [4.78, 5) is 12.7. The van der Waals surface area contributed by atoms with E-state index in [4.69, 9.17) is 0 Å². The van der Waals surface area contributed by atoms with Gasteiger partial charge in [-0.05, 0) is 54.8 Å². The van der Waals surface area contributed by atoms with E-state index in [0.29, 0.717) is 5.69 Å². The highest BCUT2D eigenvalue weighted by atomic mass is 32.2. The molecule has 3 aromatic rings. The second kappa shape index (κ2) is 8.37. The minimum absolute atomic E-state index is 0.0528. The van der Waals surface area contributed by atoms with Gasteiger partial charge in [0.1, 0.15) is 0 Å². The van der Waals surface area contributed by atoms with E-state index in [1.807, 2.05) is 62.4 Å². The number of nitrogens with one attached hydrogen (secondary N) is 2. The van der Waals surface area contributed by atoms with Crippen molar-refractivity contribution >= 4 is 21.6 Å². The topological polar surface area (TPSA) is 75.3 Å². The Labute approximate surface area is 165 Å². The van der Waals surface area contributed by atoms with E-state index < -0.39 is 10.0 Å². The molecule has 0 aliphatic heterocycles. The van der Waals surface area contributed by atoms with Gasteiger partial charge in [0.05, 0.1) is 4.90 Å². The molecule has 0 radical (unpaired) electrons. The first-order valence-electron chi connectivity index (χ1n) is 8.88. The van der Waals surface area contributed by atoms with E-state index in [1.54, 1.807) is 12.1 Å². The summed E-state index contributed by atoms with van der Waals surface area (Å²) in [6.45, 7) is 4.08. The number of aryl methyl sites for hydroxylation is 1. The summed E-state index contributed by atoms with van der Waals surface area (Å²) in [5.74, 6) is -0.353. The van der Waals surface area contributed by atoms with E-state index in [9.17, 15) is 13.2 Å². The van der Waals surface area contributed by atoms with Crippen LogP contribution in [0.25, 0.3) is 0 Å². The molecule has 0 spiro atoms. The number of carbonyl (C=O) groups excluding carboxylic acids is 1. The molecule has 0 atom stereocenters. The van der Waals surface area contributed by atoms with Crippen molar-refractivity contribution in [3.63, 3.8) is 0 Å². The van der Waals surface area contributed by atoms with E-state index in [1.165, 1.54) is 12.1 Å². The molecule has 0 aromatic heterocycles. The van der Waals surface area contributed by atoms with E-state index >= 15 is 0 Å². The molecule has 0 aliphatic carbocycles. The maximum atomic E-state index is 12.6. The van der Waals surface area contributed by atoms with E-state index in [2.05, 4.69) is 10.0 Å². The minimum atomic E-state index is -3.73. The Morgan fingerprint density at radius 1 is 0.893 bits per heavy atom. The summed E-state index contributed by atoms with van der Waals surface area (Å²) < 4.78 is 27.8. The average molecular weight is 394 g/mol. The summed E-state index contributed by atoms with van der Waals surface area (Å²) in [6, 6.07) is 20.9. The Hall–Kier alpha value is -2.96. The highest BCUT2D eigenvalue weighted by Crippen LogP contribution is 2.20. The van der Waals surface area contributed by atoms with Gasteiger partial charge < -0.3 is 5.32 Å². The molecule has 0 saturated heterocycles. The van der Waals surface area contributed by atoms with Crippen molar-refractivity contribution in [3.05, 3.63) is 95.1 Å². The summed E-state index contributed by atoms with van der Waals surface area (Å²) in [5.41, 5.74) is 3.89. The molecule has 2 N–H and O–H groups in total. The predicted molar refractivity (Wildman–Crippen MR) is 111 cm³/mol. The monoisotopic (exact) mass is 394 g/mol. The zero-order chi connectivity index (χ0) is 20.1. The smallest absolute Gasteiger partial charge is 0.255 e. The van der Waals surface area contributed by atoms with Gasteiger partial charge in [0.15, 0.2) is 0 Å². The molecule has 3 rings (SSSR count). The molecule has 0 fully saturated rings. The molecule has 1 amide bonds. The van der Waals surface area contributed by atoms with Gasteiger partial charge in [-0.3, -0.25) is 4.79 Å². The van der Waals surface area contributed by atoms with Crippen molar-refractivity contribution in [2.75, 3.05) is 5.32 Å². The molecule has 6 heteroatoms. The zero-order valence-electron chi connectivity index (χ0n) is 15.8. The van der Waals surface area contributed by atoms with Crippen molar-refractivity contribution in [3.8, 4) is 0 Å². The Morgan fingerprint density at radius 3 is 2.36 bits per heavy atom. The van der Waals surface area contributed by atoms with Crippen molar-refractivity contribution in [1.82, 2.24) is 4.72 Å². The van der Waals surface area contributed by atoms with Crippen molar-refractivity contribution in [2.24, 2.45) is 0 Å².